The predicted molar refractivity (Wildman–Crippen MR) is 82.1 cm³/mol. The average Bonchev–Trinajstić information content (AvgIpc) is 2.81. The molecular formula is C15H13BrN4. The van der Waals surface area contributed by atoms with Gasteiger partial charge in [0, 0.05) is 30.7 Å². The monoisotopic (exact) mass is 328 g/mol. The molecule has 4 nitrogen and oxygen atoms in total. The fourth-order valence-corrected chi connectivity index (χ4v) is 2.50. The van der Waals surface area contributed by atoms with Crippen LogP contribution in [0.25, 0.3) is 22.5 Å². The molecule has 0 saturated carbocycles. The highest BCUT2D eigenvalue weighted by molar-refractivity contribution is 9.10. The maximum atomic E-state index is 4.56. The fraction of sp³-hybridized carbons (Fsp3) is 0.133. The lowest BCUT2D eigenvalue weighted by molar-refractivity contribution is 0.770. The summed E-state index contributed by atoms with van der Waals surface area (Å²) in [6.07, 6.45) is 3.78. The van der Waals surface area contributed by atoms with Gasteiger partial charge in [0.25, 0.3) is 0 Å². The van der Waals surface area contributed by atoms with Gasteiger partial charge >= 0.3 is 0 Å². The van der Waals surface area contributed by atoms with E-state index in [1.54, 1.807) is 6.20 Å². The zero-order valence-electron chi connectivity index (χ0n) is 11.2. The minimum Gasteiger partial charge on any atom is -0.274 e. The van der Waals surface area contributed by atoms with Gasteiger partial charge in [-0.15, -0.1) is 0 Å². The molecule has 3 aromatic heterocycles. The number of hydrogen-bond acceptors (Lipinski definition) is 3. The highest BCUT2D eigenvalue weighted by atomic mass is 79.9. The second-order valence-corrected chi connectivity index (χ2v) is 5.41. The van der Waals surface area contributed by atoms with Crippen molar-refractivity contribution >= 4 is 15.9 Å². The van der Waals surface area contributed by atoms with Gasteiger partial charge in [-0.2, -0.15) is 5.10 Å². The van der Waals surface area contributed by atoms with Crippen molar-refractivity contribution in [2.24, 2.45) is 7.05 Å². The van der Waals surface area contributed by atoms with E-state index >= 15 is 0 Å². The molecule has 0 amide bonds. The summed E-state index contributed by atoms with van der Waals surface area (Å²) in [5.74, 6) is 0. The van der Waals surface area contributed by atoms with E-state index in [0.29, 0.717) is 0 Å². The van der Waals surface area contributed by atoms with Crippen molar-refractivity contribution in [2.75, 3.05) is 0 Å². The predicted octanol–water partition coefficient (Wildman–Crippen LogP) is 3.62. The highest BCUT2D eigenvalue weighted by Gasteiger charge is 2.13. The van der Waals surface area contributed by atoms with Crippen LogP contribution in [0.5, 0.6) is 0 Å². The minimum atomic E-state index is 0.807. The van der Waals surface area contributed by atoms with Gasteiger partial charge in [-0.3, -0.25) is 9.67 Å². The quantitative estimate of drug-likeness (QED) is 0.675. The van der Waals surface area contributed by atoms with Crippen LogP contribution in [-0.4, -0.2) is 19.7 Å². The molecule has 0 aromatic carbocycles. The summed E-state index contributed by atoms with van der Waals surface area (Å²) in [6, 6.07) is 9.92. The van der Waals surface area contributed by atoms with Crippen LogP contribution >= 0.6 is 15.9 Å². The Morgan fingerprint density at radius 3 is 2.80 bits per heavy atom. The first-order valence-electron chi connectivity index (χ1n) is 6.23. The molecule has 20 heavy (non-hydrogen) atoms. The molecule has 3 heterocycles. The van der Waals surface area contributed by atoms with Crippen LogP contribution in [0, 0.1) is 6.92 Å². The number of hydrogen-bond donors (Lipinski definition) is 0. The van der Waals surface area contributed by atoms with Gasteiger partial charge in [0.1, 0.15) is 10.3 Å². The Kier molecular flexibility index (Phi) is 3.36. The topological polar surface area (TPSA) is 43.6 Å². The van der Waals surface area contributed by atoms with Gasteiger partial charge in [-0.05, 0) is 52.7 Å². The van der Waals surface area contributed by atoms with Gasteiger partial charge in [0.15, 0.2) is 0 Å². The first-order valence-corrected chi connectivity index (χ1v) is 7.02. The van der Waals surface area contributed by atoms with E-state index in [9.17, 15) is 0 Å². The van der Waals surface area contributed by atoms with Gasteiger partial charge < -0.3 is 0 Å². The molecule has 3 rings (SSSR count). The Labute approximate surface area is 125 Å². The number of halogens is 1. The summed E-state index contributed by atoms with van der Waals surface area (Å²) in [7, 11) is 1.92. The van der Waals surface area contributed by atoms with Crippen LogP contribution in [0.2, 0.25) is 0 Å². The summed E-state index contributed by atoms with van der Waals surface area (Å²) >= 11 is 3.40. The van der Waals surface area contributed by atoms with Crippen LogP contribution in [0.15, 0.2) is 47.3 Å². The Balaban J connectivity index is 2.18. The normalized spacial score (nSPS) is 10.8. The van der Waals surface area contributed by atoms with Crippen molar-refractivity contribution in [3.63, 3.8) is 0 Å². The van der Waals surface area contributed by atoms with E-state index in [0.717, 1.165) is 32.8 Å². The minimum absolute atomic E-state index is 0.807. The molecule has 5 heteroatoms. The number of nitrogens with zero attached hydrogens (tertiary/aromatic N) is 4. The van der Waals surface area contributed by atoms with Gasteiger partial charge in [0.2, 0.25) is 0 Å². The van der Waals surface area contributed by atoms with E-state index in [4.69, 9.17) is 0 Å². The zero-order valence-corrected chi connectivity index (χ0v) is 12.8. The lowest BCUT2D eigenvalue weighted by Crippen LogP contribution is -1.91. The molecule has 0 bridgehead atoms. The fourth-order valence-electron chi connectivity index (χ4n) is 2.13. The first kappa shape index (κ1) is 13.0. The maximum absolute atomic E-state index is 4.56. The standard InChI is InChI=1S/C15H13BrN4/c1-10-4-3-5-13(18-10)15-12(9-20(2)19-15)11-6-7-17-14(16)8-11/h3-9H,1-2H3. The molecule has 0 spiro atoms. The van der Waals surface area contributed by atoms with Crippen molar-refractivity contribution in [3.05, 3.63) is 53.0 Å². The lowest BCUT2D eigenvalue weighted by Gasteiger charge is -2.03. The third kappa shape index (κ3) is 2.49. The molecule has 0 atom stereocenters. The molecule has 0 saturated heterocycles. The van der Waals surface area contributed by atoms with Crippen LogP contribution in [0.4, 0.5) is 0 Å². The van der Waals surface area contributed by atoms with E-state index in [-0.39, 0.29) is 0 Å². The molecule has 0 unspecified atom stereocenters. The van der Waals surface area contributed by atoms with Crippen LogP contribution in [-0.2, 0) is 7.05 Å². The average molecular weight is 329 g/mol. The van der Waals surface area contributed by atoms with Crippen molar-refractivity contribution in [1.82, 2.24) is 19.7 Å². The molecule has 100 valence electrons. The first-order chi connectivity index (χ1) is 9.63. The summed E-state index contributed by atoms with van der Waals surface area (Å²) in [5, 5.41) is 4.55. The molecule has 3 aromatic rings. The Bertz CT molecular complexity index is 701. The Hall–Kier alpha value is -2.01. The number of aryl methyl sites for hydroxylation is 2. The lowest BCUT2D eigenvalue weighted by atomic mass is 10.1. The molecule has 0 fully saturated rings. The van der Waals surface area contributed by atoms with Crippen molar-refractivity contribution in [3.8, 4) is 22.5 Å². The highest BCUT2D eigenvalue weighted by Crippen LogP contribution is 2.30. The van der Waals surface area contributed by atoms with Crippen LogP contribution in [0.1, 0.15) is 5.69 Å². The van der Waals surface area contributed by atoms with Gasteiger partial charge in [-0.25, -0.2) is 4.98 Å². The van der Waals surface area contributed by atoms with Gasteiger partial charge in [0.05, 0.1) is 5.69 Å². The Morgan fingerprint density at radius 1 is 1.20 bits per heavy atom. The third-order valence-corrected chi connectivity index (χ3v) is 3.43. The molecule has 0 N–H and O–H groups in total. The summed E-state index contributed by atoms with van der Waals surface area (Å²) in [5.41, 5.74) is 4.87. The maximum Gasteiger partial charge on any atom is 0.118 e. The van der Waals surface area contributed by atoms with Crippen LogP contribution in [0.3, 0.4) is 0 Å². The molecular weight excluding hydrogens is 316 g/mol. The second kappa shape index (κ2) is 5.17. The number of aromatic nitrogens is 4. The molecule has 0 radical (unpaired) electrons. The van der Waals surface area contributed by atoms with Crippen molar-refractivity contribution in [2.45, 2.75) is 6.92 Å². The van der Waals surface area contributed by atoms with E-state index in [1.165, 1.54) is 0 Å². The van der Waals surface area contributed by atoms with E-state index < -0.39 is 0 Å². The largest absolute Gasteiger partial charge is 0.274 e. The molecule has 0 aliphatic rings. The summed E-state index contributed by atoms with van der Waals surface area (Å²) in [4.78, 5) is 8.72. The van der Waals surface area contributed by atoms with Crippen molar-refractivity contribution in [1.29, 1.82) is 0 Å². The molecule has 0 aliphatic carbocycles. The SMILES string of the molecule is Cc1cccc(-c2nn(C)cc2-c2ccnc(Br)c2)n1. The van der Waals surface area contributed by atoms with E-state index in [1.807, 2.05) is 55.2 Å². The third-order valence-electron chi connectivity index (χ3n) is 3.00. The number of pyridine rings is 2. The number of rotatable bonds is 2. The zero-order chi connectivity index (χ0) is 14.1. The van der Waals surface area contributed by atoms with E-state index in [2.05, 4.69) is 31.0 Å². The second-order valence-electron chi connectivity index (χ2n) is 4.60. The summed E-state index contributed by atoms with van der Waals surface area (Å²) in [6.45, 7) is 1.98. The Morgan fingerprint density at radius 2 is 2.05 bits per heavy atom. The molecule has 0 aliphatic heterocycles. The summed E-state index contributed by atoms with van der Waals surface area (Å²) < 4.78 is 2.62. The van der Waals surface area contributed by atoms with Gasteiger partial charge in [-0.1, -0.05) is 6.07 Å². The smallest absolute Gasteiger partial charge is 0.118 e. The van der Waals surface area contributed by atoms with Crippen LogP contribution < -0.4 is 0 Å². The van der Waals surface area contributed by atoms with Crippen molar-refractivity contribution < 1.29 is 0 Å².